The van der Waals surface area contributed by atoms with Crippen LogP contribution in [0.1, 0.15) is 64.3 Å². The summed E-state index contributed by atoms with van der Waals surface area (Å²) in [5.41, 5.74) is 0.626. The first-order valence-electron chi connectivity index (χ1n) is 10.3. The Kier molecular flexibility index (Phi) is 8.16. The topological polar surface area (TPSA) is 62.7 Å². The molecule has 0 N–H and O–H groups in total. The Morgan fingerprint density at radius 2 is 1.75 bits per heavy atom. The van der Waals surface area contributed by atoms with Crippen molar-refractivity contribution in [2.45, 2.75) is 76.3 Å². The van der Waals surface area contributed by atoms with Crippen molar-refractivity contribution in [3.8, 4) is 0 Å². The molecule has 0 amide bonds. The van der Waals surface area contributed by atoms with Crippen LogP contribution < -0.4 is 0 Å². The van der Waals surface area contributed by atoms with Gasteiger partial charge in [0.05, 0.1) is 30.9 Å². The van der Waals surface area contributed by atoms with Crippen molar-refractivity contribution < 1.29 is 18.6 Å². The summed E-state index contributed by atoms with van der Waals surface area (Å²) < 4.78 is 23.0. The lowest BCUT2D eigenvalue weighted by Gasteiger charge is -2.36. The smallest absolute Gasteiger partial charge is 0.200 e. The normalized spacial score (nSPS) is 17.4. The predicted molar refractivity (Wildman–Crippen MR) is 113 cm³/mol. The van der Waals surface area contributed by atoms with E-state index >= 15 is 0 Å². The first-order valence-corrected chi connectivity index (χ1v) is 13.2. The molecule has 0 aliphatic heterocycles. The van der Waals surface area contributed by atoms with Gasteiger partial charge in [-0.2, -0.15) is 0 Å². The fourth-order valence-corrected chi connectivity index (χ4v) is 4.45. The van der Waals surface area contributed by atoms with E-state index in [1.54, 1.807) is 20.4 Å². The van der Waals surface area contributed by atoms with E-state index in [0.717, 1.165) is 24.4 Å². The van der Waals surface area contributed by atoms with Gasteiger partial charge < -0.3 is 18.6 Å². The van der Waals surface area contributed by atoms with Crippen LogP contribution in [0, 0.1) is 0 Å². The van der Waals surface area contributed by atoms with Crippen LogP contribution in [0.15, 0.2) is 12.3 Å². The third kappa shape index (κ3) is 5.60. The first kappa shape index (κ1) is 23.4. The average Bonchev–Trinajstić information content (AvgIpc) is 3.12. The van der Waals surface area contributed by atoms with Gasteiger partial charge in [0, 0.05) is 20.4 Å². The number of hydrogen-bond acceptors (Lipinski definition) is 6. The molecule has 6 nitrogen and oxygen atoms in total. The average molecular weight is 411 g/mol. The summed E-state index contributed by atoms with van der Waals surface area (Å²) >= 11 is 0. The molecule has 0 spiro atoms. The lowest BCUT2D eigenvalue weighted by Crippen LogP contribution is -2.41. The lowest BCUT2D eigenvalue weighted by atomic mass is 9.86. The van der Waals surface area contributed by atoms with Gasteiger partial charge in [0.2, 0.25) is 6.29 Å². The second kappa shape index (κ2) is 9.76. The van der Waals surface area contributed by atoms with Crippen LogP contribution in [-0.2, 0) is 24.1 Å². The van der Waals surface area contributed by atoms with Crippen LogP contribution in [0.25, 0.3) is 0 Å². The molecule has 160 valence electrons. The Balaban J connectivity index is 1.99. The summed E-state index contributed by atoms with van der Waals surface area (Å²) in [6.07, 6.45) is 5.77. The lowest BCUT2D eigenvalue weighted by molar-refractivity contribution is -0.109. The fourth-order valence-electron chi connectivity index (χ4n) is 3.42. The number of ether oxygens (including phenoxy) is 3. The van der Waals surface area contributed by atoms with Gasteiger partial charge in [-0.05, 0) is 37.0 Å². The summed E-state index contributed by atoms with van der Waals surface area (Å²) in [6, 6.07) is 1.84. The zero-order chi connectivity index (χ0) is 20.8. The molecular weight excluding hydrogens is 372 g/mol. The van der Waals surface area contributed by atoms with Gasteiger partial charge in [0.15, 0.2) is 8.32 Å². The second-order valence-electron chi connectivity index (χ2n) is 9.26. The Hall–Kier alpha value is -0.863. The minimum atomic E-state index is -1.73. The third-order valence-corrected chi connectivity index (χ3v) is 10.8. The van der Waals surface area contributed by atoms with Crippen LogP contribution in [0.4, 0.5) is 0 Å². The predicted octanol–water partition coefficient (Wildman–Crippen LogP) is 4.62. The summed E-state index contributed by atoms with van der Waals surface area (Å²) in [4.78, 5) is 9.36. The molecule has 1 fully saturated rings. The summed E-state index contributed by atoms with van der Waals surface area (Å²) in [5, 5.41) is 0.215. The van der Waals surface area contributed by atoms with Crippen LogP contribution in [0.3, 0.4) is 0 Å². The van der Waals surface area contributed by atoms with E-state index in [2.05, 4.69) is 38.8 Å². The number of nitrogens with zero attached hydrogens (tertiary/aromatic N) is 2. The van der Waals surface area contributed by atoms with E-state index in [4.69, 9.17) is 23.6 Å². The number of aromatic nitrogens is 2. The highest BCUT2D eigenvalue weighted by atomic mass is 28.4. The quantitative estimate of drug-likeness (QED) is 0.319. The maximum Gasteiger partial charge on any atom is 0.200 e. The summed E-state index contributed by atoms with van der Waals surface area (Å²) in [5.74, 6) is 0.840. The minimum absolute atomic E-state index is 0.126. The van der Waals surface area contributed by atoms with E-state index in [9.17, 15) is 0 Å². The zero-order valence-electron chi connectivity index (χ0n) is 18.7. The van der Waals surface area contributed by atoms with Crippen LogP contribution in [-0.4, -0.2) is 52.3 Å². The van der Waals surface area contributed by atoms with Gasteiger partial charge in [-0.15, -0.1) is 0 Å². The van der Waals surface area contributed by atoms with E-state index in [1.165, 1.54) is 12.8 Å². The van der Waals surface area contributed by atoms with Gasteiger partial charge in [0.25, 0.3) is 0 Å². The Morgan fingerprint density at radius 1 is 1.11 bits per heavy atom. The standard InChI is InChI=1S/C21H38N2O4Si/c1-20(2,3)28(6,7)27-15-14-26-16-21(11-8-9-12-21)19-22-13-10-17(23-19)18(24-4)25-5/h10,13,18H,8-9,11-12,14-16H2,1-7H3. The summed E-state index contributed by atoms with van der Waals surface area (Å²) in [7, 11) is 1.51. The molecule has 0 saturated heterocycles. The van der Waals surface area contributed by atoms with Crippen molar-refractivity contribution in [3.05, 3.63) is 23.8 Å². The molecular formula is C21H38N2O4Si. The molecule has 0 radical (unpaired) electrons. The molecule has 1 aromatic heterocycles. The zero-order valence-corrected chi connectivity index (χ0v) is 19.7. The molecule has 2 rings (SSSR count). The van der Waals surface area contributed by atoms with Gasteiger partial charge >= 0.3 is 0 Å². The number of hydrogen-bond donors (Lipinski definition) is 0. The van der Waals surface area contributed by atoms with E-state index in [-0.39, 0.29) is 10.5 Å². The summed E-state index contributed by atoms with van der Waals surface area (Å²) in [6.45, 7) is 13.2. The molecule has 1 aliphatic carbocycles. The van der Waals surface area contributed by atoms with Gasteiger partial charge in [0.1, 0.15) is 5.82 Å². The molecule has 0 bridgehead atoms. The van der Waals surface area contributed by atoms with E-state index in [0.29, 0.717) is 19.8 Å². The van der Waals surface area contributed by atoms with E-state index < -0.39 is 14.6 Å². The van der Waals surface area contributed by atoms with Crippen molar-refractivity contribution in [1.82, 2.24) is 9.97 Å². The second-order valence-corrected chi connectivity index (χ2v) is 14.1. The highest BCUT2D eigenvalue weighted by Crippen LogP contribution is 2.40. The molecule has 1 aliphatic rings. The molecule has 0 aromatic carbocycles. The fraction of sp³-hybridized carbons (Fsp3) is 0.810. The van der Waals surface area contributed by atoms with Gasteiger partial charge in [-0.3, -0.25) is 0 Å². The van der Waals surface area contributed by atoms with Gasteiger partial charge in [-0.25, -0.2) is 9.97 Å². The Labute approximate surface area is 171 Å². The highest BCUT2D eigenvalue weighted by Gasteiger charge is 2.40. The molecule has 1 heterocycles. The molecule has 0 atom stereocenters. The van der Waals surface area contributed by atoms with Crippen molar-refractivity contribution in [2.75, 3.05) is 34.0 Å². The first-order chi connectivity index (χ1) is 13.1. The van der Waals surface area contributed by atoms with Gasteiger partial charge in [-0.1, -0.05) is 33.6 Å². The molecule has 1 aromatic rings. The molecule has 28 heavy (non-hydrogen) atoms. The van der Waals surface area contributed by atoms with Crippen molar-refractivity contribution in [2.24, 2.45) is 0 Å². The van der Waals surface area contributed by atoms with Crippen LogP contribution >= 0.6 is 0 Å². The van der Waals surface area contributed by atoms with Crippen molar-refractivity contribution in [1.29, 1.82) is 0 Å². The number of methoxy groups -OCH3 is 2. The third-order valence-electron chi connectivity index (χ3n) is 6.26. The maximum absolute atomic E-state index is 6.23. The maximum atomic E-state index is 6.23. The minimum Gasteiger partial charge on any atom is -0.414 e. The Morgan fingerprint density at radius 3 is 2.32 bits per heavy atom. The number of rotatable bonds is 10. The molecule has 7 heteroatoms. The van der Waals surface area contributed by atoms with Crippen molar-refractivity contribution >= 4 is 8.32 Å². The SMILES string of the molecule is COC(OC)c1ccnc(C2(COCCO[Si](C)(C)C(C)(C)C)CCCC2)n1. The Bertz CT molecular complexity index is 609. The van der Waals surface area contributed by atoms with Crippen LogP contribution in [0.5, 0.6) is 0 Å². The largest absolute Gasteiger partial charge is 0.414 e. The monoisotopic (exact) mass is 410 g/mol. The van der Waals surface area contributed by atoms with Crippen LogP contribution in [0.2, 0.25) is 18.1 Å². The highest BCUT2D eigenvalue weighted by molar-refractivity contribution is 6.74. The van der Waals surface area contributed by atoms with E-state index in [1.807, 2.05) is 6.07 Å². The molecule has 0 unspecified atom stereocenters. The van der Waals surface area contributed by atoms with Crippen molar-refractivity contribution in [3.63, 3.8) is 0 Å². The molecule has 1 saturated carbocycles.